The Balaban J connectivity index is 1.92. The Morgan fingerprint density at radius 3 is 2.52 bits per heavy atom. The largest absolute Gasteiger partial charge is 0.394 e. The summed E-state index contributed by atoms with van der Waals surface area (Å²) in [6, 6.07) is -0.215. The highest BCUT2D eigenvalue weighted by Crippen LogP contribution is 2.29. The molecule has 21 heavy (non-hydrogen) atoms. The predicted molar refractivity (Wildman–Crippen MR) is 84.7 cm³/mol. The summed E-state index contributed by atoms with van der Waals surface area (Å²) in [5.41, 5.74) is -0.446. The molecular formula is C15H28N2O3S. The molecule has 0 aromatic carbocycles. The third-order valence-electron chi connectivity index (χ3n) is 4.88. The van der Waals surface area contributed by atoms with Crippen molar-refractivity contribution in [2.45, 2.75) is 75.1 Å². The van der Waals surface area contributed by atoms with Gasteiger partial charge in [-0.05, 0) is 25.7 Å². The van der Waals surface area contributed by atoms with Gasteiger partial charge in [-0.2, -0.15) is 0 Å². The molecule has 0 heterocycles. The zero-order chi connectivity index (χ0) is 15.3. The van der Waals surface area contributed by atoms with Gasteiger partial charge in [0.1, 0.15) is 0 Å². The van der Waals surface area contributed by atoms with Crippen LogP contribution in [0.2, 0.25) is 0 Å². The van der Waals surface area contributed by atoms with Gasteiger partial charge in [0.15, 0.2) is 0 Å². The first-order valence-electron chi connectivity index (χ1n) is 8.17. The van der Waals surface area contributed by atoms with E-state index in [1.807, 2.05) is 6.92 Å². The fraction of sp³-hybridized carbons (Fsp3) is 0.933. The van der Waals surface area contributed by atoms with Crippen molar-refractivity contribution in [1.82, 2.24) is 10.6 Å². The number of amides is 2. The van der Waals surface area contributed by atoms with Crippen LogP contribution < -0.4 is 10.6 Å². The highest BCUT2D eigenvalue weighted by atomic mass is 32.2. The zero-order valence-electron chi connectivity index (χ0n) is 12.9. The molecule has 2 aliphatic rings. The summed E-state index contributed by atoms with van der Waals surface area (Å²) in [5, 5.41) is 15.6. The molecular weight excluding hydrogens is 288 g/mol. The van der Waals surface area contributed by atoms with E-state index >= 15 is 0 Å². The second-order valence-corrected chi connectivity index (χ2v) is 8.29. The van der Waals surface area contributed by atoms with Crippen LogP contribution in [0.1, 0.15) is 58.3 Å². The summed E-state index contributed by atoms with van der Waals surface area (Å²) in [5.74, 6) is 0.644. The van der Waals surface area contributed by atoms with Crippen LogP contribution in [-0.2, 0) is 10.8 Å². The third kappa shape index (κ3) is 4.19. The summed E-state index contributed by atoms with van der Waals surface area (Å²) in [6.07, 6.45) is 7.77. The number of hydrogen-bond donors (Lipinski definition) is 3. The van der Waals surface area contributed by atoms with E-state index < -0.39 is 16.3 Å². The quantitative estimate of drug-likeness (QED) is 0.722. The van der Waals surface area contributed by atoms with E-state index in [4.69, 9.17) is 0 Å². The highest BCUT2D eigenvalue weighted by Gasteiger charge is 2.36. The van der Waals surface area contributed by atoms with Gasteiger partial charge in [0, 0.05) is 22.6 Å². The summed E-state index contributed by atoms with van der Waals surface area (Å²) >= 11 is 0. The molecule has 0 spiro atoms. The maximum atomic E-state index is 12.3. The van der Waals surface area contributed by atoms with Crippen LogP contribution in [0.5, 0.6) is 0 Å². The molecule has 2 amide bonds. The molecule has 0 aromatic rings. The second-order valence-electron chi connectivity index (χ2n) is 6.34. The molecule has 0 bridgehead atoms. The molecule has 0 radical (unpaired) electrons. The highest BCUT2D eigenvalue weighted by molar-refractivity contribution is 7.85. The Kier molecular flexibility index (Phi) is 6.05. The summed E-state index contributed by atoms with van der Waals surface area (Å²) < 4.78 is 12.1. The number of rotatable bonds is 5. The first-order valence-corrected chi connectivity index (χ1v) is 9.55. The van der Waals surface area contributed by atoms with Crippen LogP contribution in [0.3, 0.4) is 0 Å². The van der Waals surface area contributed by atoms with Crippen molar-refractivity contribution in [3.05, 3.63) is 0 Å². The van der Waals surface area contributed by atoms with Crippen LogP contribution in [0.25, 0.3) is 0 Å². The molecule has 6 heteroatoms. The molecule has 5 nitrogen and oxygen atoms in total. The van der Waals surface area contributed by atoms with E-state index in [9.17, 15) is 14.1 Å². The maximum Gasteiger partial charge on any atom is 0.315 e. The molecule has 2 fully saturated rings. The summed E-state index contributed by atoms with van der Waals surface area (Å²) in [4.78, 5) is 12.3. The van der Waals surface area contributed by atoms with Gasteiger partial charge in [-0.15, -0.1) is 0 Å². The first kappa shape index (κ1) is 16.7. The Bertz CT molecular complexity index is 383. The third-order valence-corrected chi connectivity index (χ3v) is 6.69. The molecule has 3 N–H and O–H groups in total. The van der Waals surface area contributed by atoms with Gasteiger partial charge in [0.25, 0.3) is 0 Å². The molecule has 2 rings (SSSR count). The predicted octanol–water partition coefficient (Wildman–Crippen LogP) is 1.67. The smallest absolute Gasteiger partial charge is 0.315 e. The number of carbonyl (C=O) groups excluding carboxylic acids is 1. The van der Waals surface area contributed by atoms with Gasteiger partial charge < -0.3 is 15.7 Å². The molecule has 3 atom stereocenters. The number of nitrogens with one attached hydrogen (secondary N) is 2. The van der Waals surface area contributed by atoms with Crippen LogP contribution in [0.4, 0.5) is 4.79 Å². The van der Waals surface area contributed by atoms with Crippen molar-refractivity contribution in [2.24, 2.45) is 0 Å². The minimum atomic E-state index is -0.868. The van der Waals surface area contributed by atoms with Gasteiger partial charge in [-0.1, -0.05) is 32.6 Å². The molecule has 122 valence electrons. The van der Waals surface area contributed by atoms with E-state index in [0.717, 1.165) is 51.4 Å². The van der Waals surface area contributed by atoms with Crippen molar-refractivity contribution in [3.63, 3.8) is 0 Å². The molecule has 0 aromatic heterocycles. The Morgan fingerprint density at radius 2 is 1.90 bits per heavy atom. The standard InChI is InChI=1S/C15H28N2O3S/c1-2-21(20)13-8-4-3-7-12(13)16-14(19)17-15(11-18)9-5-6-10-15/h12-13,18H,2-11H2,1H3,(H2,16,17,19). The minimum absolute atomic E-state index is 0.00307. The van der Waals surface area contributed by atoms with E-state index in [2.05, 4.69) is 10.6 Å². The molecule has 0 aliphatic heterocycles. The number of aliphatic hydroxyl groups is 1. The van der Waals surface area contributed by atoms with Crippen LogP contribution in [0, 0.1) is 0 Å². The number of urea groups is 1. The van der Waals surface area contributed by atoms with Crippen molar-refractivity contribution < 1.29 is 14.1 Å². The fourth-order valence-electron chi connectivity index (χ4n) is 3.61. The monoisotopic (exact) mass is 316 g/mol. The van der Waals surface area contributed by atoms with Gasteiger partial charge in [-0.25, -0.2) is 4.79 Å². The lowest BCUT2D eigenvalue weighted by molar-refractivity contribution is 0.160. The van der Waals surface area contributed by atoms with Gasteiger partial charge >= 0.3 is 6.03 Å². The Hall–Kier alpha value is -0.620. The van der Waals surface area contributed by atoms with Crippen LogP contribution in [-0.4, -0.2) is 44.5 Å². The van der Waals surface area contributed by atoms with Crippen molar-refractivity contribution in [2.75, 3.05) is 12.4 Å². The lowest BCUT2D eigenvalue weighted by Gasteiger charge is -2.34. The summed E-state index contributed by atoms with van der Waals surface area (Å²) in [7, 11) is -0.868. The lowest BCUT2D eigenvalue weighted by atomic mass is 9.95. The average molecular weight is 316 g/mol. The summed E-state index contributed by atoms with van der Waals surface area (Å²) in [6.45, 7) is 1.93. The molecule has 2 saturated carbocycles. The number of carbonyl (C=O) groups is 1. The zero-order valence-corrected chi connectivity index (χ0v) is 13.7. The van der Waals surface area contributed by atoms with Crippen molar-refractivity contribution in [3.8, 4) is 0 Å². The van der Waals surface area contributed by atoms with E-state index in [-0.39, 0.29) is 23.9 Å². The lowest BCUT2D eigenvalue weighted by Crippen LogP contribution is -2.57. The maximum absolute atomic E-state index is 12.3. The normalized spacial score (nSPS) is 29.8. The van der Waals surface area contributed by atoms with Crippen molar-refractivity contribution >= 4 is 16.8 Å². The SMILES string of the molecule is CCS(=O)C1CCCCC1NC(=O)NC1(CO)CCCC1. The van der Waals surface area contributed by atoms with Gasteiger partial charge in [0.05, 0.1) is 17.4 Å². The van der Waals surface area contributed by atoms with E-state index in [1.165, 1.54) is 0 Å². The average Bonchev–Trinajstić information content (AvgIpc) is 2.96. The first-order chi connectivity index (χ1) is 10.1. The van der Waals surface area contributed by atoms with Crippen LogP contribution in [0.15, 0.2) is 0 Å². The van der Waals surface area contributed by atoms with Crippen molar-refractivity contribution in [1.29, 1.82) is 0 Å². The Morgan fingerprint density at radius 1 is 1.24 bits per heavy atom. The van der Waals surface area contributed by atoms with E-state index in [1.54, 1.807) is 0 Å². The minimum Gasteiger partial charge on any atom is -0.394 e. The molecule has 2 aliphatic carbocycles. The molecule has 3 unspecified atom stereocenters. The fourth-order valence-corrected chi connectivity index (χ4v) is 5.04. The number of hydrogen-bond acceptors (Lipinski definition) is 3. The number of aliphatic hydroxyl groups excluding tert-OH is 1. The molecule has 0 saturated heterocycles. The second kappa shape index (κ2) is 7.58. The van der Waals surface area contributed by atoms with E-state index in [0.29, 0.717) is 5.75 Å². The van der Waals surface area contributed by atoms with Gasteiger partial charge in [-0.3, -0.25) is 4.21 Å². The van der Waals surface area contributed by atoms with Gasteiger partial charge in [0.2, 0.25) is 0 Å². The Labute approximate surface area is 129 Å². The van der Waals surface area contributed by atoms with Crippen LogP contribution >= 0.6 is 0 Å². The topological polar surface area (TPSA) is 78.4 Å².